The van der Waals surface area contributed by atoms with E-state index in [1.165, 1.54) is 12.5 Å². The lowest BCUT2D eigenvalue weighted by Gasteiger charge is -2.03. The van der Waals surface area contributed by atoms with Gasteiger partial charge < -0.3 is 18.7 Å². The minimum absolute atomic E-state index is 0.203. The quantitative estimate of drug-likeness (QED) is 0.725. The van der Waals surface area contributed by atoms with Crippen molar-refractivity contribution in [1.82, 2.24) is 0 Å². The van der Waals surface area contributed by atoms with Gasteiger partial charge in [-0.2, -0.15) is 0 Å². The molecule has 0 unspecified atom stereocenters. The molecular weight excluding hydrogens is 276 g/mol. The maximum Gasteiger partial charge on any atom is 0.341 e. The largest absolute Gasteiger partial charge is 0.482 e. The molecule has 3 aromatic rings. The van der Waals surface area contributed by atoms with Crippen LogP contribution in [0.25, 0.3) is 11.0 Å². The lowest BCUT2D eigenvalue weighted by molar-refractivity contribution is -0.139. The smallest absolute Gasteiger partial charge is 0.341 e. The van der Waals surface area contributed by atoms with Crippen molar-refractivity contribution in [2.45, 2.75) is 0 Å². The number of rotatable bonds is 5. The summed E-state index contributed by atoms with van der Waals surface area (Å²) in [4.78, 5) is 22.8. The average molecular weight is 286 g/mol. The highest BCUT2D eigenvalue weighted by Crippen LogP contribution is 2.27. The molecule has 0 bridgehead atoms. The van der Waals surface area contributed by atoms with Crippen LogP contribution in [0.5, 0.6) is 5.75 Å². The molecule has 0 fully saturated rings. The van der Waals surface area contributed by atoms with Crippen molar-refractivity contribution in [3.8, 4) is 5.75 Å². The van der Waals surface area contributed by atoms with Crippen LogP contribution in [0.3, 0.4) is 0 Å². The van der Waals surface area contributed by atoms with Crippen molar-refractivity contribution in [2.24, 2.45) is 0 Å². The van der Waals surface area contributed by atoms with Crippen molar-refractivity contribution >= 4 is 22.7 Å². The molecule has 6 nitrogen and oxygen atoms in total. The Kier molecular flexibility index (Phi) is 3.19. The number of furan rings is 2. The highest BCUT2D eigenvalue weighted by Gasteiger charge is 2.18. The van der Waals surface area contributed by atoms with Gasteiger partial charge in [0.2, 0.25) is 5.78 Å². The van der Waals surface area contributed by atoms with Gasteiger partial charge >= 0.3 is 5.97 Å². The molecule has 0 saturated heterocycles. The Hall–Kier alpha value is -3.02. The van der Waals surface area contributed by atoms with Gasteiger partial charge in [0.25, 0.3) is 0 Å². The van der Waals surface area contributed by atoms with E-state index in [4.69, 9.17) is 18.7 Å². The maximum absolute atomic E-state index is 12.3. The number of carboxylic acids is 1. The third-order valence-electron chi connectivity index (χ3n) is 2.90. The molecule has 0 saturated carbocycles. The summed E-state index contributed by atoms with van der Waals surface area (Å²) in [6, 6.07) is 7.95. The molecule has 1 aromatic carbocycles. The van der Waals surface area contributed by atoms with Crippen molar-refractivity contribution in [1.29, 1.82) is 0 Å². The van der Waals surface area contributed by atoms with Gasteiger partial charge in [-0.3, -0.25) is 4.79 Å². The molecule has 2 aromatic heterocycles. The molecule has 0 radical (unpaired) electrons. The number of fused-ring (bicyclic) bond motifs is 1. The average Bonchev–Trinajstić information content (AvgIpc) is 3.13. The second kappa shape index (κ2) is 5.16. The first-order valence-corrected chi connectivity index (χ1v) is 6.09. The van der Waals surface area contributed by atoms with E-state index in [9.17, 15) is 9.59 Å². The summed E-state index contributed by atoms with van der Waals surface area (Å²) in [5, 5.41) is 9.15. The van der Waals surface area contributed by atoms with E-state index < -0.39 is 12.6 Å². The summed E-state index contributed by atoms with van der Waals surface area (Å²) in [6.07, 6.45) is 2.76. The number of benzene rings is 1. The van der Waals surface area contributed by atoms with Crippen LogP contribution in [-0.2, 0) is 4.79 Å². The number of carbonyl (C=O) groups is 2. The number of hydrogen-bond donors (Lipinski definition) is 1. The lowest BCUT2D eigenvalue weighted by atomic mass is 10.1. The third kappa shape index (κ3) is 2.51. The SMILES string of the molecule is O=C(O)COc1ccc2occ(C(=O)c3ccco3)c2c1. The lowest BCUT2D eigenvalue weighted by Crippen LogP contribution is -2.09. The standard InChI is InChI=1S/C15H10O6/c16-14(17)8-20-9-3-4-12-10(6-9)11(7-21-12)15(18)13-2-1-5-19-13/h1-7H,8H2,(H,16,17). The van der Waals surface area contributed by atoms with E-state index >= 15 is 0 Å². The zero-order valence-corrected chi connectivity index (χ0v) is 10.7. The second-order valence-electron chi connectivity index (χ2n) is 4.30. The summed E-state index contributed by atoms with van der Waals surface area (Å²) in [6.45, 7) is -0.454. The summed E-state index contributed by atoms with van der Waals surface area (Å²) >= 11 is 0. The van der Waals surface area contributed by atoms with Crippen molar-refractivity contribution in [3.63, 3.8) is 0 Å². The fraction of sp³-hybridized carbons (Fsp3) is 0.0667. The van der Waals surface area contributed by atoms with Crippen LogP contribution in [0.15, 0.2) is 51.7 Å². The molecule has 106 valence electrons. The molecule has 0 aliphatic heterocycles. The van der Waals surface area contributed by atoms with Crippen LogP contribution in [0.2, 0.25) is 0 Å². The zero-order valence-electron chi connectivity index (χ0n) is 10.7. The first kappa shape index (κ1) is 13.0. The molecule has 3 rings (SSSR count). The topological polar surface area (TPSA) is 89.9 Å². The molecule has 1 N–H and O–H groups in total. The van der Waals surface area contributed by atoms with Crippen LogP contribution in [-0.4, -0.2) is 23.5 Å². The Morgan fingerprint density at radius 2 is 2.05 bits per heavy atom. The van der Waals surface area contributed by atoms with Gasteiger partial charge in [-0.1, -0.05) is 0 Å². The van der Waals surface area contributed by atoms with Crippen LogP contribution < -0.4 is 4.74 Å². The number of carboxylic acid groups (broad SMARTS) is 1. The predicted octanol–water partition coefficient (Wildman–Crippen LogP) is 2.72. The maximum atomic E-state index is 12.3. The Labute approximate surface area is 118 Å². The van der Waals surface area contributed by atoms with Crippen molar-refractivity contribution in [3.05, 3.63) is 54.2 Å². The van der Waals surface area contributed by atoms with Crippen LogP contribution in [0.1, 0.15) is 16.1 Å². The number of carbonyl (C=O) groups excluding carboxylic acids is 1. The van der Waals surface area contributed by atoms with Crippen LogP contribution in [0.4, 0.5) is 0 Å². The van der Waals surface area contributed by atoms with Gasteiger partial charge in [0.15, 0.2) is 12.4 Å². The Morgan fingerprint density at radius 1 is 1.19 bits per heavy atom. The normalized spacial score (nSPS) is 10.7. The fourth-order valence-corrected chi connectivity index (χ4v) is 1.96. The molecular formula is C15H10O6. The fourth-order valence-electron chi connectivity index (χ4n) is 1.96. The number of aliphatic carboxylic acids is 1. The third-order valence-corrected chi connectivity index (χ3v) is 2.90. The molecule has 0 amide bonds. The molecule has 21 heavy (non-hydrogen) atoms. The first-order valence-electron chi connectivity index (χ1n) is 6.09. The summed E-state index contributed by atoms with van der Waals surface area (Å²) in [7, 11) is 0. The van der Waals surface area contributed by atoms with E-state index in [1.54, 1.807) is 30.3 Å². The van der Waals surface area contributed by atoms with E-state index in [0.717, 1.165) is 0 Å². The zero-order chi connectivity index (χ0) is 14.8. The van der Waals surface area contributed by atoms with E-state index in [2.05, 4.69) is 0 Å². The minimum atomic E-state index is -1.07. The highest BCUT2D eigenvalue weighted by atomic mass is 16.5. The van der Waals surface area contributed by atoms with Gasteiger partial charge in [-0.15, -0.1) is 0 Å². The van der Waals surface area contributed by atoms with Gasteiger partial charge in [-0.25, -0.2) is 4.79 Å². The van der Waals surface area contributed by atoms with Gasteiger partial charge in [0.1, 0.15) is 17.6 Å². The Balaban J connectivity index is 1.98. The molecule has 0 aliphatic rings. The van der Waals surface area contributed by atoms with E-state index in [1.807, 2.05) is 0 Å². The van der Waals surface area contributed by atoms with Crippen LogP contribution in [0, 0.1) is 0 Å². The van der Waals surface area contributed by atoms with Gasteiger partial charge in [0, 0.05) is 5.39 Å². The molecule has 0 spiro atoms. The van der Waals surface area contributed by atoms with E-state index in [-0.39, 0.29) is 11.5 Å². The monoisotopic (exact) mass is 286 g/mol. The molecule has 2 heterocycles. The van der Waals surface area contributed by atoms with E-state index in [0.29, 0.717) is 22.3 Å². The van der Waals surface area contributed by atoms with Crippen molar-refractivity contribution in [2.75, 3.05) is 6.61 Å². The molecule has 6 heteroatoms. The predicted molar refractivity (Wildman–Crippen MR) is 71.5 cm³/mol. The minimum Gasteiger partial charge on any atom is -0.482 e. The highest BCUT2D eigenvalue weighted by molar-refractivity contribution is 6.14. The Bertz CT molecular complexity index is 797. The van der Waals surface area contributed by atoms with Crippen LogP contribution >= 0.6 is 0 Å². The van der Waals surface area contributed by atoms with Gasteiger partial charge in [0.05, 0.1) is 11.8 Å². The molecule has 0 aliphatic carbocycles. The number of ketones is 1. The number of hydrogen-bond acceptors (Lipinski definition) is 5. The molecule has 0 atom stereocenters. The summed E-state index contributed by atoms with van der Waals surface area (Å²) in [5.41, 5.74) is 0.841. The summed E-state index contributed by atoms with van der Waals surface area (Å²) in [5.74, 6) is -0.835. The second-order valence-corrected chi connectivity index (χ2v) is 4.30. The first-order chi connectivity index (χ1) is 10.1. The Morgan fingerprint density at radius 3 is 2.76 bits per heavy atom. The summed E-state index contributed by atoms with van der Waals surface area (Å²) < 4.78 is 15.5. The number of ether oxygens (including phenoxy) is 1. The van der Waals surface area contributed by atoms with Crippen molar-refractivity contribution < 1.29 is 28.3 Å². The van der Waals surface area contributed by atoms with Gasteiger partial charge in [-0.05, 0) is 30.3 Å².